The molecule has 0 atom stereocenters. The molecule has 2 saturated heterocycles. The van der Waals surface area contributed by atoms with Crippen LogP contribution < -0.4 is 15.2 Å². The Kier molecular flexibility index (Phi) is 22.6. The summed E-state index contributed by atoms with van der Waals surface area (Å²) in [6.45, 7) is 2.36. The third kappa shape index (κ3) is 17.0. The maximum absolute atomic E-state index is 13.4. The molecule has 0 bridgehead atoms. The molecule has 82 heavy (non-hydrogen) atoms. The van der Waals surface area contributed by atoms with Crippen LogP contribution in [0.2, 0.25) is 0 Å². The number of benzene rings is 8. The van der Waals surface area contributed by atoms with E-state index in [1.165, 1.54) is 24.3 Å². The molecule has 2 heterocycles. The van der Waals surface area contributed by atoms with Gasteiger partial charge in [0.2, 0.25) is 0 Å². The number of carbonyl (C=O) groups is 2. The number of amides is 2. The van der Waals surface area contributed by atoms with Crippen molar-refractivity contribution in [2.24, 2.45) is 0 Å². The number of piperidine rings is 2. The van der Waals surface area contributed by atoms with E-state index in [9.17, 15) is 36.5 Å². The number of likely N-dealkylation sites (tertiary alicyclic amines) is 2. The van der Waals surface area contributed by atoms with Crippen LogP contribution in [-0.4, -0.2) is 106 Å². The fourth-order valence-electron chi connectivity index (χ4n) is 9.53. The molecule has 0 spiro atoms. The molecule has 2 radical (unpaired) electrons. The molecule has 0 unspecified atom stereocenters. The second-order valence-corrected chi connectivity index (χ2v) is 27.3. The first-order valence-corrected chi connectivity index (χ1v) is 36.4. The number of anilines is 1. The van der Waals surface area contributed by atoms with Crippen LogP contribution in [0.5, 0.6) is 11.5 Å². The molecule has 2 aliphatic heterocycles. The summed E-state index contributed by atoms with van der Waals surface area (Å²) in [5.74, 6) is 0.141. The first-order chi connectivity index (χ1) is 39.1. The fourth-order valence-corrected chi connectivity index (χ4v) is 12.8. The monoisotopic (exact) mass is 1300 g/mol. The third-order valence-corrected chi connectivity index (χ3v) is 17.1. The van der Waals surface area contributed by atoms with Crippen molar-refractivity contribution >= 4 is 102 Å². The van der Waals surface area contributed by atoms with Crippen LogP contribution in [0, 0.1) is 10.1 Å². The Bertz CT molecular complexity index is 3680. The zero-order valence-corrected chi connectivity index (χ0v) is 50.3. The van der Waals surface area contributed by atoms with Crippen LogP contribution in [0.1, 0.15) is 47.9 Å². The summed E-state index contributed by atoms with van der Waals surface area (Å²) in [6, 6.07) is 53.2. The Morgan fingerprint density at radius 2 is 0.927 bits per heavy atom. The molecule has 428 valence electrons. The summed E-state index contributed by atoms with van der Waals surface area (Å²) in [7, 11) is 2.31. The standard InChI is InChI=1S/C30H28N2O7S.C30H30N2O5S.2ClH.H2O.Sn/c33-30(38-20-22-7-2-1-3-8-22)31-17-15-25(16-18-31)39-26-13-14-28(32(34)35)24(19-26)21-40(36,37)29-12-6-10-23-9-4-5-11-27(23)29;31-28-14-13-26(19-24(28)21-38(34,35)29-12-6-10-23-9-4-5-11-27(23)29)37-25-15-17-32(18-16-25)30(33)36-20-22-7-2-1-3-8-22;;;;/h1-14,19,25H,15-18,20-21H2;1-14,19,25H,15-18,20-21,31H2;2*1H;1H2;/q;;;;;+2/p-2. The zero-order valence-electron chi connectivity index (χ0n) is 44.4. The van der Waals surface area contributed by atoms with Gasteiger partial charge in [-0.3, -0.25) is 10.1 Å². The molecule has 0 saturated carbocycles. The number of nitrogens with two attached hydrogens (primary N) is 1. The predicted molar refractivity (Wildman–Crippen MR) is 318 cm³/mol. The average molecular weight is 1300 g/mol. The third-order valence-electron chi connectivity index (χ3n) is 13.6. The summed E-state index contributed by atoms with van der Waals surface area (Å²) in [5.41, 5.74) is 8.68. The van der Waals surface area contributed by atoms with Gasteiger partial charge in [-0.1, -0.05) is 133 Å². The van der Waals surface area contributed by atoms with Crippen molar-refractivity contribution in [3.63, 3.8) is 0 Å². The van der Waals surface area contributed by atoms with Gasteiger partial charge in [0.05, 0.1) is 26.2 Å². The first kappa shape index (κ1) is 62.5. The van der Waals surface area contributed by atoms with Gasteiger partial charge in [-0.05, 0) is 69.9 Å². The van der Waals surface area contributed by atoms with Gasteiger partial charge in [0.15, 0.2) is 19.7 Å². The van der Waals surface area contributed by atoms with Gasteiger partial charge in [0.1, 0.15) is 36.9 Å². The van der Waals surface area contributed by atoms with Gasteiger partial charge in [0.25, 0.3) is 5.69 Å². The molecule has 8 aromatic carbocycles. The molecule has 22 heteroatoms. The summed E-state index contributed by atoms with van der Waals surface area (Å²) >= 11 is -0.826. The predicted octanol–water partition coefficient (Wildman–Crippen LogP) is 11.7. The van der Waals surface area contributed by atoms with Gasteiger partial charge in [-0.15, -0.1) is 0 Å². The van der Waals surface area contributed by atoms with Crippen molar-refractivity contribution in [1.82, 2.24) is 9.80 Å². The molecule has 2 aliphatic rings. The molecule has 0 aliphatic carbocycles. The molecule has 0 aromatic heterocycles. The number of nitro groups is 1. The molecule has 4 N–H and O–H groups in total. The molecule has 17 nitrogen and oxygen atoms in total. The number of hydrogen-bond donors (Lipinski definition) is 1. The topological polar surface area (TPSA) is 246 Å². The number of nitrogen functional groups attached to an aromatic ring is 1. The second-order valence-electron chi connectivity index (χ2n) is 19.1. The van der Waals surface area contributed by atoms with E-state index >= 15 is 0 Å². The van der Waals surface area contributed by atoms with Gasteiger partial charge in [-0.25, -0.2) is 26.4 Å². The minimum atomic E-state index is -3.91. The van der Waals surface area contributed by atoms with Crippen LogP contribution in [0.4, 0.5) is 21.0 Å². The number of carbonyl (C=O) groups excluding carboxylic acids is 2. The SMILES string of the molecule is Nc1ccc(OC2CCN(C(=O)OCc3ccccc3)CC2)cc1CS(=O)(=O)c1cccc2ccccc12.O.O=C(OCc1ccccc1)N1CCC(Oc2ccc([N+](=O)[O-])c(CS(=O)(=O)c3cccc4ccccc34)c2)CC1.[Cl][Sn][Cl]. The van der Waals surface area contributed by atoms with Crippen molar-refractivity contribution in [1.29, 1.82) is 0 Å². The van der Waals surface area contributed by atoms with E-state index in [1.54, 1.807) is 58.3 Å². The zero-order chi connectivity index (χ0) is 57.4. The Morgan fingerprint density at radius 3 is 1.37 bits per heavy atom. The Labute approximate surface area is 493 Å². The molecule has 2 amide bonds. The van der Waals surface area contributed by atoms with E-state index < -0.39 is 55.3 Å². The van der Waals surface area contributed by atoms with Gasteiger partial charge in [0, 0.05) is 80.0 Å². The summed E-state index contributed by atoms with van der Waals surface area (Å²) in [6.07, 6.45) is 1.33. The first-order valence-electron chi connectivity index (χ1n) is 25.9. The number of fused-ring (bicyclic) bond motifs is 2. The van der Waals surface area contributed by atoms with Crippen LogP contribution in [0.15, 0.2) is 192 Å². The van der Waals surface area contributed by atoms with Crippen molar-refractivity contribution in [3.8, 4) is 11.5 Å². The van der Waals surface area contributed by atoms with Crippen LogP contribution in [0.25, 0.3) is 21.5 Å². The van der Waals surface area contributed by atoms with Gasteiger partial charge < -0.3 is 40.0 Å². The number of hydrogen-bond acceptors (Lipinski definition) is 13. The summed E-state index contributed by atoms with van der Waals surface area (Å²) < 4.78 is 76.7. The van der Waals surface area contributed by atoms with Gasteiger partial charge >= 0.3 is 48.9 Å². The van der Waals surface area contributed by atoms with Crippen molar-refractivity contribution in [3.05, 3.63) is 214 Å². The molecular weight excluding hydrogens is 1240 g/mol. The quantitative estimate of drug-likeness (QED) is 0.0435. The maximum atomic E-state index is 13.4. The van der Waals surface area contributed by atoms with Crippen molar-refractivity contribution in [2.75, 3.05) is 31.9 Å². The van der Waals surface area contributed by atoms with E-state index in [0.717, 1.165) is 21.9 Å². The molecule has 8 aromatic rings. The van der Waals surface area contributed by atoms with E-state index in [1.807, 2.05) is 109 Å². The molecule has 2 fully saturated rings. The molecule has 10 rings (SSSR count). The Morgan fingerprint density at radius 1 is 0.549 bits per heavy atom. The van der Waals surface area contributed by atoms with Gasteiger partial charge in [-0.2, -0.15) is 0 Å². The van der Waals surface area contributed by atoms with E-state index in [4.69, 9.17) is 42.5 Å². The number of sulfone groups is 2. The normalized spacial score (nSPS) is 13.8. The number of nitro benzene ring substituents is 1. The van der Waals surface area contributed by atoms with Crippen LogP contribution in [0.3, 0.4) is 0 Å². The number of ether oxygens (including phenoxy) is 4. The average Bonchev–Trinajstić information content (AvgIpc) is 3.38. The second kappa shape index (κ2) is 29.7. The van der Waals surface area contributed by atoms with Crippen molar-refractivity contribution in [2.45, 2.75) is 72.4 Å². The van der Waals surface area contributed by atoms with E-state index in [0.29, 0.717) is 85.4 Å². The van der Waals surface area contributed by atoms with Crippen molar-refractivity contribution < 1.29 is 55.8 Å². The molecular formula is C60H60Cl2N4O13S2Sn. The number of rotatable bonds is 15. The Balaban J connectivity index is 0.000000223. The Hall–Kier alpha value is -7.14. The van der Waals surface area contributed by atoms with E-state index in [-0.39, 0.29) is 63.8 Å². The summed E-state index contributed by atoms with van der Waals surface area (Å²) in [5, 5.41) is 14.6. The minimum absolute atomic E-state index is 0. The summed E-state index contributed by atoms with van der Waals surface area (Å²) in [4.78, 5) is 39.8. The van der Waals surface area contributed by atoms with Crippen LogP contribution in [-0.2, 0) is 53.9 Å². The number of halogens is 2. The number of nitrogens with zero attached hydrogens (tertiary/aromatic N) is 3. The van der Waals surface area contributed by atoms with Crippen LogP contribution >= 0.6 is 17.8 Å². The van der Waals surface area contributed by atoms with E-state index in [2.05, 4.69) is 0 Å². The fraction of sp³-hybridized carbons (Fsp3) is 0.233.